The quantitative estimate of drug-likeness (QED) is 0.365. The minimum absolute atomic E-state index is 0.316. The van der Waals surface area contributed by atoms with Crippen molar-refractivity contribution in [2.75, 3.05) is 26.4 Å². The number of para-hydroxylation sites is 2. The summed E-state index contributed by atoms with van der Waals surface area (Å²) in [5.74, 6) is 2.65. The molecule has 144 valence electrons. The van der Waals surface area contributed by atoms with E-state index in [1.165, 1.54) is 0 Å². The molecule has 0 fully saturated rings. The van der Waals surface area contributed by atoms with E-state index in [1.54, 1.807) is 18.2 Å². The number of carbonyl (C=O) groups excluding carboxylic acids is 1. The SMILES string of the molecule is O=Cc1ccc(OCCOc2ccccc2)cc1OCCOc1ccccc1. The lowest BCUT2D eigenvalue weighted by molar-refractivity contribution is 0.111. The number of benzene rings is 3. The van der Waals surface area contributed by atoms with Gasteiger partial charge in [-0.3, -0.25) is 4.79 Å². The van der Waals surface area contributed by atoms with Crippen LogP contribution >= 0.6 is 0 Å². The first-order valence-corrected chi connectivity index (χ1v) is 9.05. The van der Waals surface area contributed by atoms with Crippen molar-refractivity contribution in [3.05, 3.63) is 84.4 Å². The summed E-state index contributed by atoms with van der Waals surface area (Å²) in [6, 6.07) is 24.2. The summed E-state index contributed by atoms with van der Waals surface area (Å²) >= 11 is 0. The van der Waals surface area contributed by atoms with Crippen molar-refractivity contribution in [1.82, 2.24) is 0 Å². The first-order valence-electron chi connectivity index (χ1n) is 9.05. The Kier molecular flexibility index (Phi) is 7.32. The molecular weight excluding hydrogens is 356 g/mol. The molecule has 0 unspecified atom stereocenters. The maximum atomic E-state index is 11.2. The molecule has 0 aliphatic heterocycles. The van der Waals surface area contributed by atoms with Crippen LogP contribution in [-0.4, -0.2) is 32.7 Å². The van der Waals surface area contributed by atoms with Crippen molar-refractivity contribution in [2.24, 2.45) is 0 Å². The van der Waals surface area contributed by atoms with Gasteiger partial charge in [0.05, 0.1) is 5.56 Å². The molecule has 0 saturated carbocycles. The van der Waals surface area contributed by atoms with E-state index in [2.05, 4.69) is 0 Å². The number of hydrogen-bond donors (Lipinski definition) is 0. The molecule has 3 aromatic carbocycles. The van der Waals surface area contributed by atoms with Crippen LogP contribution in [0.3, 0.4) is 0 Å². The third-order valence-corrected chi connectivity index (χ3v) is 3.83. The van der Waals surface area contributed by atoms with E-state index < -0.39 is 0 Å². The number of aldehydes is 1. The van der Waals surface area contributed by atoms with Crippen LogP contribution in [0.25, 0.3) is 0 Å². The maximum Gasteiger partial charge on any atom is 0.153 e. The molecule has 3 aromatic rings. The first-order chi connectivity index (χ1) is 13.8. The first kappa shape index (κ1) is 19.3. The Hall–Kier alpha value is -3.47. The molecule has 0 saturated heterocycles. The van der Waals surface area contributed by atoms with Crippen molar-refractivity contribution in [3.8, 4) is 23.0 Å². The standard InChI is InChI=1S/C23H22O5/c24-18-19-11-12-22(27-14-13-25-20-7-3-1-4-8-20)17-23(19)28-16-15-26-21-9-5-2-6-10-21/h1-12,17-18H,13-16H2. The molecule has 0 heterocycles. The molecule has 0 spiro atoms. The van der Waals surface area contributed by atoms with E-state index in [9.17, 15) is 4.79 Å². The number of ether oxygens (including phenoxy) is 4. The van der Waals surface area contributed by atoms with E-state index in [1.807, 2.05) is 60.7 Å². The highest BCUT2D eigenvalue weighted by Gasteiger charge is 2.06. The van der Waals surface area contributed by atoms with E-state index in [0.29, 0.717) is 43.5 Å². The second kappa shape index (κ2) is 10.6. The van der Waals surface area contributed by atoms with Crippen LogP contribution in [0.15, 0.2) is 78.9 Å². The highest BCUT2D eigenvalue weighted by Crippen LogP contribution is 2.24. The van der Waals surface area contributed by atoms with Crippen LogP contribution in [0.5, 0.6) is 23.0 Å². The average Bonchev–Trinajstić information content (AvgIpc) is 2.76. The van der Waals surface area contributed by atoms with Gasteiger partial charge in [-0.15, -0.1) is 0 Å². The van der Waals surface area contributed by atoms with Gasteiger partial charge >= 0.3 is 0 Å². The summed E-state index contributed by atoms with van der Waals surface area (Å²) in [5.41, 5.74) is 0.465. The molecule has 0 aromatic heterocycles. The van der Waals surface area contributed by atoms with E-state index in [4.69, 9.17) is 18.9 Å². The van der Waals surface area contributed by atoms with E-state index >= 15 is 0 Å². The largest absolute Gasteiger partial charge is 0.490 e. The van der Waals surface area contributed by atoms with Crippen LogP contribution in [0.4, 0.5) is 0 Å². The summed E-state index contributed by atoms with van der Waals surface area (Å²) in [6.07, 6.45) is 0.760. The minimum Gasteiger partial charge on any atom is -0.490 e. The van der Waals surface area contributed by atoms with Gasteiger partial charge in [0, 0.05) is 6.07 Å². The normalized spacial score (nSPS) is 10.1. The summed E-state index contributed by atoms with van der Waals surface area (Å²) in [4.78, 5) is 11.2. The van der Waals surface area contributed by atoms with Gasteiger partial charge in [-0.1, -0.05) is 36.4 Å². The highest BCUT2D eigenvalue weighted by molar-refractivity contribution is 5.79. The van der Waals surface area contributed by atoms with Crippen LogP contribution in [-0.2, 0) is 0 Å². The Bertz CT molecular complexity index is 849. The molecule has 3 rings (SSSR count). The molecule has 0 bridgehead atoms. The molecule has 0 aliphatic rings. The van der Waals surface area contributed by atoms with Gasteiger partial charge in [0.1, 0.15) is 49.4 Å². The molecule has 0 N–H and O–H groups in total. The second-order valence-corrected chi connectivity index (χ2v) is 5.84. The van der Waals surface area contributed by atoms with Gasteiger partial charge in [-0.25, -0.2) is 0 Å². The number of carbonyl (C=O) groups is 1. The Labute approximate surface area is 164 Å². The van der Waals surface area contributed by atoms with Crippen LogP contribution in [0.1, 0.15) is 10.4 Å². The maximum absolute atomic E-state index is 11.2. The third-order valence-electron chi connectivity index (χ3n) is 3.83. The summed E-state index contributed by atoms with van der Waals surface area (Å²) in [7, 11) is 0. The zero-order chi connectivity index (χ0) is 19.4. The van der Waals surface area contributed by atoms with Gasteiger partial charge in [-0.2, -0.15) is 0 Å². The molecule has 5 heteroatoms. The zero-order valence-corrected chi connectivity index (χ0v) is 15.5. The van der Waals surface area contributed by atoms with Gasteiger partial charge in [-0.05, 0) is 36.4 Å². The van der Waals surface area contributed by atoms with Crippen LogP contribution in [0, 0.1) is 0 Å². The predicted octanol–water partition coefficient (Wildman–Crippen LogP) is 4.41. The lowest BCUT2D eigenvalue weighted by atomic mass is 10.2. The van der Waals surface area contributed by atoms with Crippen molar-refractivity contribution in [1.29, 1.82) is 0 Å². The topological polar surface area (TPSA) is 54.0 Å². The molecule has 5 nitrogen and oxygen atoms in total. The van der Waals surface area contributed by atoms with E-state index in [-0.39, 0.29) is 0 Å². The second-order valence-electron chi connectivity index (χ2n) is 5.84. The molecular formula is C23H22O5. The lowest BCUT2D eigenvalue weighted by Gasteiger charge is -2.12. The summed E-state index contributed by atoms with van der Waals surface area (Å²) in [6.45, 7) is 1.49. The highest BCUT2D eigenvalue weighted by atomic mass is 16.5. The van der Waals surface area contributed by atoms with Crippen molar-refractivity contribution >= 4 is 6.29 Å². The van der Waals surface area contributed by atoms with Gasteiger partial charge in [0.2, 0.25) is 0 Å². The zero-order valence-electron chi connectivity index (χ0n) is 15.5. The van der Waals surface area contributed by atoms with Gasteiger partial charge in [0.15, 0.2) is 6.29 Å². The van der Waals surface area contributed by atoms with Gasteiger partial charge < -0.3 is 18.9 Å². The Morgan fingerprint density at radius 3 is 1.61 bits per heavy atom. The third kappa shape index (κ3) is 6.06. The fourth-order valence-electron chi connectivity index (χ4n) is 2.49. The molecule has 0 atom stereocenters. The Balaban J connectivity index is 1.46. The smallest absolute Gasteiger partial charge is 0.153 e. The van der Waals surface area contributed by atoms with Crippen LogP contribution in [0.2, 0.25) is 0 Å². The summed E-state index contributed by atoms with van der Waals surface area (Å²) < 4.78 is 22.6. The van der Waals surface area contributed by atoms with Crippen molar-refractivity contribution < 1.29 is 23.7 Å². The average molecular weight is 378 g/mol. The lowest BCUT2D eigenvalue weighted by Crippen LogP contribution is -2.11. The Morgan fingerprint density at radius 2 is 1.07 bits per heavy atom. The van der Waals surface area contributed by atoms with Crippen molar-refractivity contribution in [2.45, 2.75) is 0 Å². The number of rotatable bonds is 11. The molecule has 0 aliphatic carbocycles. The molecule has 0 radical (unpaired) electrons. The number of hydrogen-bond acceptors (Lipinski definition) is 5. The fraction of sp³-hybridized carbons (Fsp3) is 0.174. The van der Waals surface area contributed by atoms with E-state index in [0.717, 1.165) is 17.8 Å². The van der Waals surface area contributed by atoms with Gasteiger partial charge in [0.25, 0.3) is 0 Å². The Morgan fingerprint density at radius 1 is 0.571 bits per heavy atom. The predicted molar refractivity (Wildman–Crippen MR) is 107 cm³/mol. The summed E-state index contributed by atoms with van der Waals surface area (Å²) in [5, 5.41) is 0. The molecule has 28 heavy (non-hydrogen) atoms. The molecule has 0 amide bonds. The van der Waals surface area contributed by atoms with Crippen molar-refractivity contribution in [3.63, 3.8) is 0 Å². The van der Waals surface area contributed by atoms with Crippen LogP contribution < -0.4 is 18.9 Å². The monoisotopic (exact) mass is 378 g/mol. The minimum atomic E-state index is 0.316. The fourth-order valence-corrected chi connectivity index (χ4v) is 2.49.